The highest BCUT2D eigenvalue weighted by molar-refractivity contribution is 7.58. The Morgan fingerprint density at radius 1 is 1.56 bits per heavy atom. The van der Waals surface area contributed by atoms with Crippen molar-refractivity contribution in [1.29, 1.82) is 0 Å². The number of ether oxygens (including phenoxy) is 3. The van der Waals surface area contributed by atoms with Gasteiger partial charge in [-0.15, -0.1) is 5.09 Å². The smallest absolute Gasteiger partial charge is 0.476 e. The number of carbonyl (C=O) groups is 1. The first-order chi connectivity index (χ1) is 15.1. The van der Waals surface area contributed by atoms with Crippen LogP contribution in [0.15, 0.2) is 6.33 Å². The van der Waals surface area contributed by atoms with Crippen molar-refractivity contribution in [3.63, 3.8) is 0 Å². The fraction of sp³-hybridized carbons (Fsp3) is 0.647. The summed E-state index contributed by atoms with van der Waals surface area (Å²) in [5.41, 5.74) is 4.16. The average molecular weight is 475 g/mol. The number of alkyl halides is 1. The molecule has 6 atom stereocenters. The number of nitrogens with two attached hydrogens (primary N) is 1. The molecule has 4 N–H and O–H groups in total. The molecule has 15 heteroatoms. The van der Waals surface area contributed by atoms with Gasteiger partial charge in [0.15, 0.2) is 29.2 Å². The Labute approximate surface area is 183 Å². The summed E-state index contributed by atoms with van der Waals surface area (Å²) in [6, 6.07) is -0.937. The van der Waals surface area contributed by atoms with Gasteiger partial charge < -0.3 is 19.9 Å². The summed E-state index contributed by atoms with van der Waals surface area (Å²) in [6.07, 6.45) is -1.92. The molecule has 2 unspecified atom stereocenters. The normalized spacial score (nSPS) is 33.1. The zero-order chi connectivity index (χ0) is 23.3. The van der Waals surface area contributed by atoms with Crippen LogP contribution in [0.3, 0.4) is 0 Å². The molecule has 0 aromatic carbocycles. The maximum atomic E-state index is 16.1. The molecule has 0 spiro atoms. The quantitative estimate of drug-likeness (QED) is 0.395. The summed E-state index contributed by atoms with van der Waals surface area (Å²) < 4.78 is 44.4. The third kappa shape index (κ3) is 3.87. The van der Waals surface area contributed by atoms with E-state index in [2.05, 4.69) is 24.8 Å². The minimum Gasteiger partial charge on any atom is -0.476 e. The number of nitrogen functional groups attached to an aromatic ring is 1. The van der Waals surface area contributed by atoms with Crippen molar-refractivity contribution in [2.45, 2.75) is 50.9 Å². The summed E-state index contributed by atoms with van der Waals surface area (Å²) in [7, 11) is -2.57. The van der Waals surface area contributed by atoms with Crippen LogP contribution in [0, 0.1) is 0 Å². The molecule has 4 rings (SSSR count). The van der Waals surface area contributed by atoms with Crippen molar-refractivity contribution >= 4 is 31.2 Å². The molecule has 176 valence electrons. The molecular formula is C17H25FN6O7P+. The van der Waals surface area contributed by atoms with Gasteiger partial charge in [0.05, 0.1) is 20.0 Å². The second-order valence-corrected chi connectivity index (χ2v) is 9.31. The monoisotopic (exact) mass is 475 g/mol. The fourth-order valence-corrected chi connectivity index (χ4v) is 5.52. The number of hydrogen-bond acceptors (Lipinski definition) is 12. The minimum atomic E-state index is -3.77. The maximum absolute atomic E-state index is 16.1. The van der Waals surface area contributed by atoms with Crippen molar-refractivity contribution in [3.05, 3.63) is 6.33 Å². The van der Waals surface area contributed by atoms with E-state index in [0.29, 0.717) is 12.1 Å². The van der Waals surface area contributed by atoms with Crippen molar-refractivity contribution in [3.8, 4) is 5.88 Å². The van der Waals surface area contributed by atoms with Gasteiger partial charge in [0, 0.05) is 0 Å². The van der Waals surface area contributed by atoms with E-state index < -0.39 is 44.2 Å². The van der Waals surface area contributed by atoms with Crippen LogP contribution in [-0.4, -0.2) is 74.6 Å². The second kappa shape index (κ2) is 8.28. The van der Waals surface area contributed by atoms with Gasteiger partial charge in [-0.3, -0.25) is 9.36 Å². The number of hydrogen-bond donors (Lipinski definition) is 3. The van der Waals surface area contributed by atoms with Crippen molar-refractivity contribution in [1.82, 2.24) is 24.6 Å². The lowest BCUT2D eigenvalue weighted by Crippen LogP contribution is -2.49. The predicted octanol–water partition coefficient (Wildman–Crippen LogP) is 0.669. The molecule has 2 fully saturated rings. The molecule has 2 aliphatic heterocycles. The zero-order valence-corrected chi connectivity index (χ0v) is 18.8. The van der Waals surface area contributed by atoms with Crippen LogP contribution in [0.4, 0.5) is 10.3 Å². The van der Waals surface area contributed by atoms with Gasteiger partial charge >= 0.3 is 14.1 Å². The van der Waals surface area contributed by atoms with E-state index in [9.17, 15) is 9.69 Å². The van der Waals surface area contributed by atoms with Crippen LogP contribution >= 0.6 is 8.09 Å². The number of esters is 1. The second-order valence-electron chi connectivity index (χ2n) is 7.54. The third-order valence-electron chi connectivity index (χ3n) is 5.20. The summed E-state index contributed by atoms with van der Waals surface area (Å²) >= 11 is 0. The Kier molecular flexibility index (Phi) is 5.94. The van der Waals surface area contributed by atoms with Crippen LogP contribution < -0.4 is 15.6 Å². The molecule has 2 aromatic heterocycles. The largest absolute Gasteiger partial charge is 0.500 e. The standard InChI is InChI=1S/C17H25FN6O7P/c1-5-28-13-10-12(21-16(19)22-13)24(7-20-10)15-17(3,18)11-9(30-15)6-29-32(26,31-11)23-8(2)14(25)27-4/h7-9,11,15,23,26H,5-6H2,1-4H3,(H2,19,21,22)/q+1/t8?,9-,11-,15-,17-,32?/m1/s1. The SMILES string of the molecule is CCOc1nc(N)nc2c1ncn2[C@@H]1O[C@@H]2CO[P+](O)(NC(C)C(=O)OC)O[C@H]2[C@@]1(C)F. The highest BCUT2D eigenvalue weighted by atomic mass is 31.2. The van der Waals surface area contributed by atoms with Crippen LogP contribution in [0.2, 0.25) is 0 Å². The number of methoxy groups -OCH3 is 1. The number of anilines is 1. The molecule has 4 heterocycles. The molecular weight excluding hydrogens is 450 g/mol. The molecule has 0 radical (unpaired) electrons. The van der Waals surface area contributed by atoms with Gasteiger partial charge in [0.25, 0.3) is 0 Å². The van der Waals surface area contributed by atoms with Crippen molar-refractivity contribution < 1.29 is 37.3 Å². The number of nitrogens with zero attached hydrogens (tertiary/aromatic N) is 4. The summed E-state index contributed by atoms with van der Waals surface area (Å²) in [5, 5.41) is 2.56. The number of aromatic nitrogens is 4. The Morgan fingerprint density at radius 3 is 3.00 bits per heavy atom. The first-order valence-electron chi connectivity index (χ1n) is 9.87. The van der Waals surface area contributed by atoms with Gasteiger partial charge in [-0.05, 0) is 20.8 Å². The summed E-state index contributed by atoms with van der Waals surface area (Å²) in [5.74, 6) is -0.534. The Balaban J connectivity index is 1.63. The number of halogens is 1. The Morgan fingerprint density at radius 2 is 2.31 bits per heavy atom. The van der Waals surface area contributed by atoms with Gasteiger partial charge in [-0.1, -0.05) is 0 Å². The summed E-state index contributed by atoms with van der Waals surface area (Å²) in [4.78, 5) is 34.8. The van der Waals surface area contributed by atoms with Gasteiger partial charge in [0.2, 0.25) is 11.8 Å². The van der Waals surface area contributed by atoms with E-state index in [-0.39, 0.29) is 24.1 Å². The molecule has 0 saturated carbocycles. The van der Waals surface area contributed by atoms with Crippen LogP contribution in [0.1, 0.15) is 27.0 Å². The minimum absolute atomic E-state index is 0.0699. The average Bonchev–Trinajstić information content (AvgIpc) is 3.25. The first kappa shape index (κ1) is 23.0. The van der Waals surface area contributed by atoms with Gasteiger partial charge in [-0.2, -0.15) is 23.9 Å². The number of nitrogens with one attached hydrogen (secondary N) is 1. The lowest BCUT2D eigenvalue weighted by atomic mass is 9.98. The lowest BCUT2D eigenvalue weighted by Gasteiger charge is -2.32. The number of fused-ring (bicyclic) bond motifs is 2. The van der Waals surface area contributed by atoms with Crippen LogP contribution in [0.5, 0.6) is 5.88 Å². The molecule has 0 aliphatic carbocycles. The highest BCUT2D eigenvalue weighted by Crippen LogP contribution is 2.62. The maximum Gasteiger partial charge on any atom is 0.500 e. The van der Waals surface area contributed by atoms with Crippen molar-refractivity contribution in [2.75, 3.05) is 26.1 Å². The first-order valence-corrected chi connectivity index (χ1v) is 11.4. The third-order valence-corrected chi connectivity index (χ3v) is 6.93. The number of rotatable bonds is 6. The van der Waals surface area contributed by atoms with Crippen molar-refractivity contribution in [2.24, 2.45) is 0 Å². The summed E-state index contributed by atoms with van der Waals surface area (Å²) in [6.45, 7) is 4.68. The van der Waals surface area contributed by atoms with Crippen LogP contribution in [-0.2, 0) is 23.3 Å². The molecule has 32 heavy (non-hydrogen) atoms. The number of carbonyl (C=O) groups excluding carboxylic acids is 1. The van der Waals surface area contributed by atoms with Crippen LogP contribution in [0.25, 0.3) is 11.2 Å². The molecule has 0 amide bonds. The Bertz CT molecular complexity index is 1020. The van der Waals surface area contributed by atoms with E-state index in [1.54, 1.807) is 6.92 Å². The van der Waals surface area contributed by atoms with E-state index >= 15 is 4.39 Å². The number of imidazole rings is 1. The molecule has 2 aliphatic rings. The zero-order valence-electron chi connectivity index (χ0n) is 17.9. The molecule has 2 saturated heterocycles. The Hall–Kier alpha value is -2.22. The molecule has 0 bridgehead atoms. The highest BCUT2D eigenvalue weighted by Gasteiger charge is 2.66. The lowest BCUT2D eigenvalue weighted by molar-refractivity contribution is -0.142. The van der Waals surface area contributed by atoms with E-state index in [1.807, 2.05) is 0 Å². The van der Waals surface area contributed by atoms with Gasteiger partial charge in [0.1, 0.15) is 18.8 Å². The van der Waals surface area contributed by atoms with E-state index in [1.165, 1.54) is 31.9 Å². The predicted molar refractivity (Wildman–Crippen MR) is 109 cm³/mol. The molecule has 2 aromatic rings. The van der Waals surface area contributed by atoms with E-state index in [0.717, 1.165) is 0 Å². The van der Waals surface area contributed by atoms with E-state index in [4.69, 9.17) is 24.3 Å². The topological polar surface area (TPSA) is 165 Å². The molecule has 13 nitrogen and oxygen atoms in total. The fourth-order valence-electron chi connectivity index (χ4n) is 3.73. The van der Waals surface area contributed by atoms with Gasteiger partial charge in [-0.25, -0.2) is 9.37 Å².